The molecule has 1 aliphatic heterocycles. The van der Waals surface area contributed by atoms with Gasteiger partial charge in [0.2, 0.25) is 10.0 Å². The van der Waals surface area contributed by atoms with E-state index in [0.717, 1.165) is 23.2 Å². The predicted octanol–water partition coefficient (Wildman–Crippen LogP) is 2.02. The number of benzene rings is 2. The summed E-state index contributed by atoms with van der Waals surface area (Å²) in [6.07, 6.45) is 2.87. The molecular formula is C21H25N3O4S. The van der Waals surface area contributed by atoms with Gasteiger partial charge in [-0.3, -0.25) is 14.9 Å². The summed E-state index contributed by atoms with van der Waals surface area (Å²) in [6.45, 7) is 4.94. The minimum absolute atomic E-state index is 0.343. The van der Waals surface area contributed by atoms with Crippen LogP contribution >= 0.6 is 0 Å². The molecular weight excluding hydrogens is 390 g/mol. The number of rotatable bonds is 6. The van der Waals surface area contributed by atoms with Gasteiger partial charge in [0, 0.05) is 38.8 Å². The van der Waals surface area contributed by atoms with E-state index in [1.807, 2.05) is 43.3 Å². The lowest BCUT2D eigenvalue weighted by Crippen LogP contribution is -2.48. The van der Waals surface area contributed by atoms with Crippen molar-refractivity contribution >= 4 is 22.0 Å². The number of hydrogen-bond donors (Lipinski definition) is 2. The molecule has 0 radical (unpaired) electrons. The van der Waals surface area contributed by atoms with Crippen molar-refractivity contribution in [3.63, 3.8) is 0 Å². The van der Waals surface area contributed by atoms with Crippen LogP contribution in [0.5, 0.6) is 0 Å². The molecule has 7 nitrogen and oxygen atoms in total. The van der Waals surface area contributed by atoms with Crippen LogP contribution in [0.3, 0.4) is 0 Å². The Morgan fingerprint density at radius 1 is 1.03 bits per heavy atom. The molecule has 1 heterocycles. The van der Waals surface area contributed by atoms with Crippen LogP contribution in [0, 0.1) is 6.92 Å². The summed E-state index contributed by atoms with van der Waals surface area (Å²) < 4.78 is 27.1. The second kappa shape index (κ2) is 9.32. The lowest BCUT2D eigenvalue weighted by Gasteiger charge is -2.34. The Balaban J connectivity index is 1.55. The summed E-state index contributed by atoms with van der Waals surface area (Å²) in [5.41, 5.74) is 4.55. The molecule has 0 bridgehead atoms. The van der Waals surface area contributed by atoms with Crippen LogP contribution in [0.2, 0.25) is 0 Å². The number of carbonyl (C=O) groups is 1. The highest BCUT2D eigenvalue weighted by atomic mass is 32.2. The van der Waals surface area contributed by atoms with Crippen molar-refractivity contribution < 1.29 is 18.4 Å². The van der Waals surface area contributed by atoms with E-state index in [-0.39, 0.29) is 0 Å². The third-order valence-corrected chi connectivity index (χ3v) is 6.83. The lowest BCUT2D eigenvalue weighted by atomic mass is 10.1. The highest BCUT2D eigenvalue weighted by molar-refractivity contribution is 7.89. The fourth-order valence-electron chi connectivity index (χ4n) is 3.19. The van der Waals surface area contributed by atoms with Crippen LogP contribution in [-0.4, -0.2) is 54.9 Å². The van der Waals surface area contributed by atoms with Gasteiger partial charge in [0.15, 0.2) is 0 Å². The zero-order valence-electron chi connectivity index (χ0n) is 16.3. The van der Waals surface area contributed by atoms with Gasteiger partial charge in [-0.25, -0.2) is 13.9 Å². The summed E-state index contributed by atoms with van der Waals surface area (Å²) >= 11 is 0. The van der Waals surface area contributed by atoms with Crippen molar-refractivity contribution in [2.24, 2.45) is 0 Å². The molecule has 1 aliphatic rings. The van der Waals surface area contributed by atoms with Gasteiger partial charge in [0.05, 0.1) is 4.90 Å². The SMILES string of the molecule is Cc1ccc(S(=O)(=O)N2CCN(Cc3ccc(/C=C/C(=O)NO)cc3)CC2)cc1. The Kier molecular flexibility index (Phi) is 6.81. The molecule has 2 aromatic rings. The van der Waals surface area contributed by atoms with E-state index in [4.69, 9.17) is 5.21 Å². The third kappa shape index (κ3) is 5.51. The maximum atomic E-state index is 12.8. The highest BCUT2D eigenvalue weighted by Gasteiger charge is 2.28. The van der Waals surface area contributed by atoms with Crippen LogP contribution in [0.25, 0.3) is 6.08 Å². The first-order chi connectivity index (χ1) is 13.9. The van der Waals surface area contributed by atoms with E-state index in [1.54, 1.807) is 28.0 Å². The summed E-state index contributed by atoms with van der Waals surface area (Å²) in [5.74, 6) is -0.576. The molecule has 1 saturated heterocycles. The number of amides is 1. The van der Waals surface area contributed by atoms with Crippen molar-refractivity contribution in [2.45, 2.75) is 18.4 Å². The zero-order valence-corrected chi connectivity index (χ0v) is 17.1. The summed E-state index contributed by atoms with van der Waals surface area (Å²) in [4.78, 5) is 13.6. The molecule has 8 heteroatoms. The number of hydroxylamine groups is 1. The minimum Gasteiger partial charge on any atom is -0.296 e. The first kappa shape index (κ1) is 21.2. The second-order valence-corrected chi connectivity index (χ2v) is 8.98. The first-order valence-corrected chi connectivity index (χ1v) is 10.8. The Labute approximate surface area is 171 Å². The van der Waals surface area contributed by atoms with Gasteiger partial charge in [-0.1, -0.05) is 42.0 Å². The number of aryl methyl sites for hydroxylation is 1. The fourth-order valence-corrected chi connectivity index (χ4v) is 4.61. The lowest BCUT2D eigenvalue weighted by molar-refractivity contribution is -0.124. The highest BCUT2D eigenvalue weighted by Crippen LogP contribution is 2.19. The Morgan fingerprint density at radius 2 is 1.66 bits per heavy atom. The number of piperazine rings is 1. The van der Waals surface area contributed by atoms with Gasteiger partial charge >= 0.3 is 0 Å². The second-order valence-electron chi connectivity index (χ2n) is 7.04. The average Bonchev–Trinajstić information content (AvgIpc) is 2.73. The van der Waals surface area contributed by atoms with E-state index in [9.17, 15) is 13.2 Å². The Hall–Kier alpha value is -2.52. The third-order valence-electron chi connectivity index (χ3n) is 4.91. The maximum Gasteiger partial charge on any atom is 0.267 e. The number of hydrogen-bond acceptors (Lipinski definition) is 5. The van der Waals surface area contributed by atoms with E-state index in [0.29, 0.717) is 31.1 Å². The molecule has 0 atom stereocenters. The van der Waals surface area contributed by atoms with Crippen molar-refractivity contribution in [1.82, 2.24) is 14.7 Å². The van der Waals surface area contributed by atoms with E-state index in [2.05, 4.69) is 4.90 Å². The van der Waals surface area contributed by atoms with E-state index >= 15 is 0 Å². The summed E-state index contributed by atoms with van der Waals surface area (Å²) in [7, 11) is -3.45. The largest absolute Gasteiger partial charge is 0.296 e. The normalized spacial score (nSPS) is 16.2. The molecule has 2 aromatic carbocycles. The molecule has 0 aliphatic carbocycles. The van der Waals surface area contributed by atoms with Gasteiger partial charge in [-0.2, -0.15) is 4.31 Å². The van der Waals surface area contributed by atoms with Crippen LogP contribution in [0.15, 0.2) is 59.5 Å². The van der Waals surface area contributed by atoms with Gasteiger partial charge in [-0.15, -0.1) is 0 Å². The van der Waals surface area contributed by atoms with E-state index < -0.39 is 15.9 Å². The molecule has 2 N–H and O–H groups in total. The molecule has 0 aromatic heterocycles. The van der Waals surface area contributed by atoms with Crippen molar-refractivity contribution in [1.29, 1.82) is 0 Å². The molecule has 0 saturated carbocycles. The standard InChI is InChI=1S/C21H25N3O4S/c1-17-2-9-20(10-3-17)29(27,28)24-14-12-23(13-15-24)16-19-6-4-18(5-7-19)8-11-21(25)22-26/h2-11,26H,12-16H2,1H3,(H,22,25)/b11-8+. The van der Waals surface area contributed by atoms with Crippen molar-refractivity contribution in [3.8, 4) is 0 Å². The smallest absolute Gasteiger partial charge is 0.267 e. The van der Waals surface area contributed by atoms with Crippen LogP contribution in [0.4, 0.5) is 0 Å². The molecule has 1 fully saturated rings. The van der Waals surface area contributed by atoms with Crippen LogP contribution in [-0.2, 0) is 21.4 Å². The van der Waals surface area contributed by atoms with Crippen LogP contribution in [0.1, 0.15) is 16.7 Å². The molecule has 0 unspecified atom stereocenters. The van der Waals surface area contributed by atoms with Gasteiger partial charge in [0.25, 0.3) is 5.91 Å². The summed E-state index contributed by atoms with van der Waals surface area (Å²) in [6, 6.07) is 14.7. The quantitative estimate of drug-likeness (QED) is 0.428. The zero-order chi connectivity index (χ0) is 20.9. The molecule has 1 amide bonds. The number of nitrogens with zero attached hydrogens (tertiary/aromatic N) is 2. The van der Waals surface area contributed by atoms with Crippen LogP contribution < -0.4 is 5.48 Å². The first-order valence-electron chi connectivity index (χ1n) is 9.39. The Morgan fingerprint density at radius 3 is 2.24 bits per heavy atom. The monoisotopic (exact) mass is 415 g/mol. The van der Waals surface area contributed by atoms with Gasteiger partial charge in [0.1, 0.15) is 0 Å². The topological polar surface area (TPSA) is 90.0 Å². The predicted molar refractivity (Wildman–Crippen MR) is 111 cm³/mol. The molecule has 0 spiro atoms. The number of nitrogens with one attached hydrogen (secondary N) is 1. The minimum atomic E-state index is -3.45. The molecule has 154 valence electrons. The van der Waals surface area contributed by atoms with E-state index in [1.165, 1.54) is 6.08 Å². The maximum absolute atomic E-state index is 12.8. The molecule has 29 heavy (non-hydrogen) atoms. The number of sulfonamides is 1. The Bertz CT molecular complexity index is 962. The number of carbonyl (C=O) groups excluding carboxylic acids is 1. The summed E-state index contributed by atoms with van der Waals surface area (Å²) in [5, 5.41) is 8.49. The average molecular weight is 416 g/mol. The van der Waals surface area contributed by atoms with Gasteiger partial charge in [-0.05, 0) is 36.3 Å². The van der Waals surface area contributed by atoms with Gasteiger partial charge < -0.3 is 0 Å². The van der Waals surface area contributed by atoms with Crippen molar-refractivity contribution in [2.75, 3.05) is 26.2 Å². The fraction of sp³-hybridized carbons (Fsp3) is 0.286. The molecule has 3 rings (SSSR count). The van der Waals surface area contributed by atoms with Crippen molar-refractivity contribution in [3.05, 3.63) is 71.3 Å².